The maximum Gasteiger partial charge on any atom is 0.245 e. The summed E-state index contributed by atoms with van der Waals surface area (Å²) in [5, 5.41) is 4.92. The van der Waals surface area contributed by atoms with E-state index in [0.717, 1.165) is 12.8 Å². The molecule has 2 atom stereocenters. The molecule has 2 unspecified atom stereocenters. The van der Waals surface area contributed by atoms with Crippen LogP contribution >= 0.6 is 11.3 Å². The fourth-order valence-corrected chi connectivity index (χ4v) is 3.43. The molecular weight excluding hydrogens is 260 g/mol. The molecule has 1 saturated heterocycles. The molecule has 0 spiro atoms. The molecule has 0 radical (unpaired) electrons. The Bertz CT molecular complexity index is 482. The van der Waals surface area contributed by atoms with Crippen LogP contribution in [0, 0.1) is 5.92 Å². The van der Waals surface area contributed by atoms with Crippen molar-refractivity contribution in [2.75, 3.05) is 6.54 Å². The average Bonchev–Trinajstić information content (AvgIpc) is 3.11. The molecule has 2 heterocycles. The molecule has 2 amide bonds. The second-order valence-electron chi connectivity index (χ2n) is 5.36. The Hall–Kier alpha value is -1.36. The number of carbonyl (C=O) groups is 2. The van der Waals surface area contributed by atoms with Gasteiger partial charge in [-0.25, -0.2) is 0 Å². The van der Waals surface area contributed by atoms with Gasteiger partial charge in [-0.3, -0.25) is 9.59 Å². The van der Waals surface area contributed by atoms with Crippen LogP contribution in [0.1, 0.15) is 37.1 Å². The molecule has 0 bridgehead atoms. The van der Waals surface area contributed by atoms with Gasteiger partial charge < -0.3 is 10.2 Å². The first-order chi connectivity index (χ1) is 9.16. The second-order valence-corrected chi connectivity index (χ2v) is 6.33. The van der Waals surface area contributed by atoms with Crippen LogP contribution in [0.2, 0.25) is 0 Å². The largest absolute Gasteiger partial charge is 0.344 e. The predicted octanol–water partition coefficient (Wildman–Crippen LogP) is 1.94. The fourth-order valence-electron chi connectivity index (χ4n) is 2.63. The van der Waals surface area contributed by atoms with Crippen LogP contribution in [0.4, 0.5) is 0 Å². The van der Waals surface area contributed by atoms with E-state index in [-0.39, 0.29) is 23.9 Å². The molecule has 5 heteroatoms. The van der Waals surface area contributed by atoms with E-state index in [0.29, 0.717) is 18.9 Å². The lowest BCUT2D eigenvalue weighted by Gasteiger charge is -2.29. The van der Waals surface area contributed by atoms with Gasteiger partial charge in [-0.2, -0.15) is 0 Å². The number of nitrogens with zero attached hydrogens (tertiary/aromatic N) is 1. The van der Waals surface area contributed by atoms with Crippen molar-refractivity contribution in [2.24, 2.45) is 5.92 Å². The lowest BCUT2D eigenvalue weighted by molar-refractivity contribution is -0.135. The number of thiophene rings is 1. The van der Waals surface area contributed by atoms with Gasteiger partial charge in [-0.15, -0.1) is 11.3 Å². The van der Waals surface area contributed by atoms with Crippen LogP contribution in [-0.4, -0.2) is 29.3 Å². The monoisotopic (exact) mass is 278 g/mol. The summed E-state index contributed by atoms with van der Waals surface area (Å²) in [7, 11) is 0. The van der Waals surface area contributed by atoms with E-state index in [2.05, 4.69) is 11.4 Å². The van der Waals surface area contributed by atoms with Crippen LogP contribution in [0.5, 0.6) is 0 Å². The van der Waals surface area contributed by atoms with Gasteiger partial charge in [0.25, 0.3) is 0 Å². The highest BCUT2D eigenvalue weighted by atomic mass is 32.1. The first-order valence-electron chi connectivity index (χ1n) is 6.80. The normalized spacial score (nSPS) is 25.9. The van der Waals surface area contributed by atoms with E-state index in [1.54, 1.807) is 11.3 Å². The van der Waals surface area contributed by atoms with Gasteiger partial charge in [-0.05, 0) is 37.1 Å². The van der Waals surface area contributed by atoms with E-state index in [1.165, 1.54) is 4.88 Å². The number of nitrogens with one attached hydrogen (secondary N) is 1. The average molecular weight is 278 g/mol. The fraction of sp³-hybridized carbons (Fsp3) is 0.571. The van der Waals surface area contributed by atoms with Crippen LogP contribution < -0.4 is 5.32 Å². The van der Waals surface area contributed by atoms with E-state index in [1.807, 2.05) is 23.3 Å². The minimum absolute atomic E-state index is 0.00568. The lowest BCUT2D eigenvalue weighted by atomic mass is 10.1. The molecule has 2 aliphatic rings. The van der Waals surface area contributed by atoms with E-state index < -0.39 is 0 Å². The molecular formula is C14H18N2O2S. The van der Waals surface area contributed by atoms with Gasteiger partial charge in [0.2, 0.25) is 11.8 Å². The van der Waals surface area contributed by atoms with Crippen molar-refractivity contribution in [3.8, 4) is 0 Å². The number of amides is 2. The maximum absolute atomic E-state index is 12.6. The van der Waals surface area contributed by atoms with Gasteiger partial charge >= 0.3 is 0 Å². The quantitative estimate of drug-likeness (QED) is 0.918. The molecule has 1 aliphatic carbocycles. The lowest BCUT2D eigenvalue weighted by Crippen LogP contribution is -2.46. The Labute approximate surface area is 116 Å². The molecule has 0 aromatic carbocycles. The van der Waals surface area contributed by atoms with Gasteiger partial charge in [0.1, 0.15) is 6.04 Å². The van der Waals surface area contributed by atoms with Crippen molar-refractivity contribution in [3.63, 3.8) is 0 Å². The minimum Gasteiger partial charge on any atom is -0.344 e. The number of hydrogen-bond donors (Lipinski definition) is 1. The summed E-state index contributed by atoms with van der Waals surface area (Å²) in [6, 6.07) is 3.81. The van der Waals surface area contributed by atoms with Crippen LogP contribution in [0.25, 0.3) is 0 Å². The molecule has 4 nitrogen and oxygen atoms in total. The molecule has 1 saturated carbocycles. The SMILES string of the molecule is CC(c1cccs1)N1CCC(=O)NC(C2CC2)C1=O. The Kier molecular flexibility index (Phi) is 3.31. The topological polar surface area (TPSA) is 49.4 Å². The Morgan fingerprint density at radius 3 is 2.84 bits per heavy atom. The van der Waals surface area contributed by atoms with Crippen LogP contribution in [0.3, 0.4) is 0 Å². The number of hydrogen-bond acceptors (Lipinski definition) is 3. The smallest absolute Gasteiger partial charge is 0.245 e. The summed E-state index contributed by atoms with van der Waals surface area (Å²) in [5.41, 5.74) is 0. The molecule has 102 valence electrons. The Morgan fingerprint density at radius 1 is 1.42 bits per heavy atom. The number of rotatable bonds is 3. The molecule has 3 rings (SSSR count). The van der Waals surface area contributed by atoms with Crippen LogP contribution in [0.15, 0.2) is 17.5 Å². The summed E-state index contributed by atoms with van der Waals surface area (Å²) < 4.78 is 0. The molecule has 2 fully saturated rings. The number of carbonyl (C=O) groups excluding carboxylic acids is 2. The summed E-state index contributed by atoms with van der Waals surface area (Å²) in [4.78, 5) is 27.4. The zero-order valence-electron chi connectivity index (χ0n) is 11.0. The third-order valence-electron chi connectivity index (χ3n) is 3.96. The van der Waals surface area contributed by atoms with Crippen molar-refractivity contribution in [1.82, 2.24) is 10.2 Å². The predicted molar refractivity (Wildman–Crippen MR) is 73.7 cm³/mol. The zero-order chi connectivity index (χ0) is 13.4. The van der Waals surface area contributed by atoms with Crippen molar-refractivity contribution in [3.05, 3.63) is 22.4 Å². The molecule has 19 heavy (non-hydrogen) atoms. The summed E-state index contributed by atoms with van der Waals surface area (Å²) in [5.74, 6) is 0.452. The summed E-state index contributed by atoms with van der Waals surface area (Å²) in [6.07, 6.45) is 2.51. The van der Waals surface area contributed by atoms with Crippen molar-refractivity contribution in [1.29, 1.82) is 0 Å². The third kappa shape index (κ3) is 2.52. The molecule has 1 aromatic heterocycles. The maximum atomic E-state index is 12.6. The van der Waals surface area contributed by atoms with Crippen LogP contribution in [-0.2, 0) is 9.59 Å². The highest BCUT2D eigenvalue weighted by molar-refractivity contribution is 7.10. The summed E-state index contributed by atoms with van der Waals surface area (Å²) >= 11 is 1.66. The standard InChI is InChI=1S/C14H18N2O2S/c1-9(11-3-2-8-19-11)16-7-6-12(17)15-13(14(16)18)10-4-5-10/h2-3,8-10,13H,4-7H2,1H3,(H,15,17). The highest BCUT2D eigenvalue weighted by Gasteiger charge is 2.42. The molecule has 1 N–H and O–H groups in total. The first-order valence-corrected chi connectivity index (χ1v) is 7.68. The van der Waals surface area contributed by atoms with E-state index in [9.17, 15) is 9.59 Å². The zero-order valence-corrected chi connectivity index (χ0v) is 11.8. The van der Waals surface area contributed by atoms with Gasteiger partial charge in [0.15, 0.2) is 0 Å². The highest BCUT2D eigenvalue weighted by Crippen LogP contribution is 2.36. The third-order valence-corrected chi connectivity index (χ3v) is 5.00. The summed E-state index contributed by atoms with van der Waals surface area (Å²) in [6.45, 7) is 2.57. The van der Waals surface area contributed by atoms with Crippen molar-refractivity contribution < 1.29 is 9.59 Å². The molecule has 1 aliphatic heterocycles. The Morgan fingerprint density at radius 2 is 2.21 bits per heavy atom. The van der Waals surface area contributed by atoms with Crippen molar-refractivity contribution >= 4 is 23.2 Å². The van der Waals surface area contributed by atoms with E-state index in [4.69, 9.17) is 0 Å². The Balaban J connectivity index is 1.82. The van der Waals surface area contributed by atoms with E-state index >= 15 is 0 Å². The minimum atomic E-state index is -0.294. The first kappa shape index (κ1) is 12.7. The van der Waals surface area contributed by atoms with Gasteiger partial charge in [-0.1, -0.05) is 6.07 Å². The van der Waals surface area contributed by atoms with Crippen molar-refractivity contribution in [2.45, 2.75) is 38.3 Å². The van der Waals surface area contributed by atoms with Gasteiger partial charge in [0, 0.05) is 17.8 Å². The second kappa shape index (κ2) is 4.96. The molecule has 1 aromatic rings. The van der Waals surface area contributed by atoms with Gasteiger partial charge in [0.05, 0.1) is 6.04 Å².